The predicted molar refractivity (Wildman–Crippen MR) is 93.1 cm³/mol. The second-order valence-electron chi connectivity index (χ2n) is 6.51. The molecule has 0 aromatic heterocycles. The molecule has 0 aliphatic heterocycles. The Hall–Kier alpha value is -1.67. The van der Waals surface area contributed by atoms with E-state index in [1.54, 1.807) is 0 Å². The summed E-state index contributed by atoms with van der Waals surface area (Å²) in [5.74, 6) is 0. The quantitative estimate of drug-likeness (QED) is 0.821. The van der Waals surface area contributed by atoms with Gasteiger partial charge in [-0.15, -0.1) is 0 Å². The summed E-state index contributed by atoms with van der Waals surface area (Å²) in [4.78, 5) is 2.16. The van der Waals surface area contributed by atoms with Gasteiger partial charge in [0.2, 0.25) is 0 Å². The van der Waals surface area contributed by atoms with Crippen LogP contribution in [0, 0.1) is 0 Å². The van der Waals surface area contributed by atoms with E-state index in [2.05, 4.69) is 57.0 Å². The predicted octanol–water partition coefficient (Wildman–Crippen LogP) is 4.86. The fourth-order valence-corrected chi connectivity index (χ4v) is 2.40. The largest absolute Gasteiger partial charge is 0.398 e. The molecule has 2 N–H and O–H groups in total. The molecule has 0 heterocycles. The van der Waals surface area contributed by atoms with Crippen molar-refractivity contribution in [2.24, 2.45) is 0 Å². The van der Waals surface area contributed by atoms with Crippen molar-refractivity contribution in [1.82, 2.24) is 0 Å². The van der Waals surface area contributed by atoms with Crippen LogP contribution in [0.4, 0.5) is 11.4 Å². The van der Waals surface area contributed by atoms with Gasteiger partial charge in [0.05, 0.1) is 10.7 Å². The van der Waals surface area contributed by atoms with E-state index in [1.165, 1.54) is 11.1 Å². The average Bonchev–Trinajstić information content (AvgIpc) is 2.41. The minimum Gasteiger partial charge on any atom is -0.398 e. The van der Waals surface area contributed by atoms with Crippen LogP contribution in [-0.4, -0.2) is 7.05 Å². The SMILES string of the molecule is CN(Cc1ccc(C(C)(C)C)cc1)c1ccc(N)c(Cl)c1. The Kier molecular flexibility index (Phi) is 4.48. The molecule has 0 spiro atoms. The van der Waals surface area contributed by atoms with Crippen molar-refractivity contribution in [3.05, 3.63) is 58.6 Å². The van der Waals surface area contributed by atoms with Gasteiger partial charge in [-0.1, -0.05) is 56.6 Å². The molecule has 2 rings (SSSR count). The van der Waals surface area contributed by atoms with Crippen LogP contribution in [0.3, 0.4) is 0 Å². The number of hydrogen-bond acceptors (Lipinski definition) is 2. The number of nitrogen functional groups attached to an aromatic ring is 1. The molecule has 0 atom stereocenters. The van der Waals surface area contributed by atoms with Crippen molar-refractivity contribution in [2.45, 2.75) is 32.7 Å². The normalized spacial score (nSPS) is 11.5. The Bertz CT molecular complexity index is 612. The van der Waals surface area contributed by atoms with E-state index in [-0.39, 0.29) is 5.41 Å². The molecule has 0 saturated heterocycles. The van der Waals surface area contributed by atoms with Gasteiger partial charge in [0.25, 0.3) is 0 Å². The first kappa shape index (κ1) is 15.7. The van der Waals surface area contributed by atoms with Gasteiger partial charge in [0.1, 0.15) is 0 Å². The van der Waals surface area contributed by atoms with E-state index < -0.39 is 0 Å². The highest BCUT2D eigenvalue weighted by molar-refractivity contribution is 6.33. The van der Waals surface area contributed by atoms with Crippen LogP contribution in [0.15, 0.2) is 42.5 Å². The van der Waals surface area contributed by atoms with E-state index in [0.717, 1.165) is 12.2 Å². The number of anilines is 2. The van der Waals surface area contributed by atoms with Crippen molar-refractivity contribution in [2.75, 3.05) is 17.7 Å². The fraction of sp³-hybridized carbons (Fsp3) is 0.333. The Morgan fingerprint density at radius 1 is 1.05 bits per heavy atom. The molecule has 0 radical (unpaired) electrons. The van der Waals surface area contributed by atoms with E-state index in [1.807, 2.05) is 18.2 Å². The monoisotopic (exact) mass is 302 g/mol. The number of nitrogens with zero attached hydrogens (tertiary/aromatic N) is 1. The Labute approximate surface area is 132 Å². The molecule has 0 amide bonds. The lowest BCUT2D eigenvalue weighted by atomic mass is 9.87. The maximum atomic E-state index is 6.08. The molecule has 3 heteroatoms. The van der Waals surface area contributed by atoms with Crippen LogP contribution in [-0.2, 0) is 12.0 Å². The number of nitrogens with two attached hydrogens (primary N) is 1. The summed E-state index contributed by atoms with van der Waals surface area (Å²) < 4.78 is 0. The third kappa shape index (κ3) is 3.92. The Morgan fingerprint density at radius 2 is 1.67 bits per heavy atom. The van der Waals surface area contributed by atoms with Gasteiger partial charge in [0.15, 0.2) is 0 Å². The van der Waals surface area contributed by atoms with Gasteiger partial charge < -0.3 is 10.6 Å². The number of hydrogen-bond donors (Lipinski definition) is 1. The van der Waals surface area contributed by atoms with Gasteiger partial charge in [-0.25, -0.2) is 0 Å². The van der Waals surface area contributed by atoms with Crippen molar-refractivity contribution < 1.29 is 0 Å². The molecule has 21 heavy (non-hydrogen) atoms. The van der Waals surface area contributed by atoms with E-state index in [0.29, 0.717) is 10.7 Å². The van der Waals surface area contributed by atoms with E-state index in [4.69, 9.17) is 17.3 Å². The van der Waals surface area contributed by atoms with Crippen LogP contribution < -0.4 is 10.6 Å². The number of halogens is 1. The first-order valence-corrected chi connectivity index (χ1v) is 7.51. The fourth-order valence-electron chi connectivity index (χ4n) is 2.23. The molecule has 0 aliphatic carbocycles. The maximum Gasteiger partial charge on any atom is 0.0656 e. The maximum absolute atomic E-state index is 6.08. The molecular formula is C18H23ClN2. The topological polar surface area (TPSA) is 29.3 Å². The highest BCUT2D eigenvalue weighted by Gasteiger charge is 2.13. The first-order chi connectivity index (χ1) is 9.77. The van der Waals surface area contributed by atoms with Gasteiger partial charge in [-0.2, -0.15) is 0 Å². The second kappa shape index (κ2) is 5.98. The van der Waals surface area contributed by atoms with Crippen LogP contribution in [0.1, 0.15) is 31.9 Å². The molecule has 0 fully saturated rings. The van der Waals surface area contributed by atoms with Crippen LogP contribution >= 0.6 is 11.6 Å². The molecule has 0 bridgehead atoms. The zero-order valence-electron chi connectivity index (χ0n) is 13.2. The van der Waals surface area contributed by atoms with Crippen molar-refractivity contribution >= 4 is 23.0 Å². The summed E-state index contributed by atoms with van der Waals surface area (Å²) in [5, 5.41) is 0.599. The molecule has 2 aromatic rings. The van der Waals surface area contributed by atoms with Gasteiger partial charge >= 0.3 is 0 Å². The van der Waals surface area contributed by atoms with Gasteiger partial charge in [-0.05, 0) is 34.7 Å². The smallest absolute Gasteiger partial charge is 0.0656 e. The Morgan fingerprint density at radius 3 is 2.19 bits per heavy atom. The average molecular weight is 303 g/mol. The summed E-state index contributed by atoms with van der Waals surface area (Å²) in [5.41, 5.74) is 10.2. The van der Waals surface area contributed by atoms with Crippen LogP contribution in [0.25, 0.3) is 0 Å². The zero-order valence-corrected chi connectivity index (χ0v) is 13.9. The molecule has 0 saturated carbocycles. The van der Waals surface area contributed by atoms with Gasteiger partial charge in [0, 0.05) is 19.3 Å². The number of rotatable bonds is 3. The second-order valence-corrected chi connectivity index (χ2v) is 6.92. The summed E-state index contributed by atoms with van der Waals surface area (Å²) in [6, 6.07) is 14.5. The van der Waals surface area contributed by atoms with Crippen LogP contribution in [0.2, 0.25) is 5.02 Å². The molecule has 0 aliphatic rings. The summed E-state index contributed by atoms with van der Waals surface area (Å²) in [7, 11) is 2.06. The first-order valence-electron chi connectivity index (χ1n) is 7.13. The zero-order chi connectivity index (χ0) is 15.6. The Balaban J connectivity index is 2.12. The molecule has 112 valence electrons. The lowest BCUT2D eigenvalue weighted by Gasteiger charge is -2.22. The standard InChI is InChI=1S/C18H23ClN2/c1-18(2,3)14-7-5-13(6-8-14)12-21(4)15-9-10-17(20)16(19)11-15/h5-11H,12,20H2,1-4H3. The third-order valence-electron chi connectivity index (χ3n) is 3.66. The minimum atomic E-state index is 0.189. The van der Waals surface area contributed by atoms with Crippen molar-refractivity contribution in [3.8, 4) is 0 Å². The lowest BCUT2D eigenvalue weighted by molar-refractivity contribution is 0.590. The summed E-state index contributed by atoms with van der Waals surface area (Å²) >= 11 is 6.08. The highest BCUT2D eigenvalue weighted by atomic mass is 35.5. The molecular weight excluding hydrogens is 280 g/mol. The summed E-state index contributed by atoms with van der Waals surface area (Å²) in [6.07, 6.45) is 0. The van der Waals surface area contributed by atoms with Crippen molar-refractivity contribution in [1.29, 1.82) is 0 Å². The number of benzene rings is 2. The van der Waals surface area contributed by atoms with E-state index >= 15 is 0 Å². The van der Waals surface area contributed by atoms with Crippen molar-refractivity contribution in [3.63, 3.8) is 0 Å². The molecule has 2 aromatic carbocycles. The lowest BCUT2D eigenvalue weighted by Crippen LogP contribution is -2.17. The minimum absolute atomic E-state index is 0.189. The molecule has 0 unspecified atom stereocenters. The van der Waals surface area contributed by atoms with Gasteiger partial charge in [-0.3, -0.25) is 0 Å². The summed E-state index contributed by atoms with van der Waals surface area (Å²) in [6.45, 7) is 7.52. The highest BCUT2D eigenvalue weighted by Crippen LogP contribution is 2.26. The van der Waals surface area contributed by atoms with E-state index in [9.17, 15) is 0 Å². The molecule has 2 nitrogen and oxygen atoms in total. The van der Waals surface area contributed by atoms with Crippen LogP contribution in [0.5, 0.6) is 0 Å². The third-order valence-corrected chi connectivity index (χ3v) is 3.99.